The van der Waals surface area contributed by atoms with Crippen molar-refractivity contribution < 1.29 is 14.0 Å². The zero-order valence-electron chi connectivity index (χ0n) is 11.7. The fraction of sp³-hybridized carbons (Fsp3) is 0.643. The van der Waals surface area contributed by atoms with Gasteiger partial charge < -0.3 is 14.2 Å². The van der Waals surface area contributed by atoms with Gasteiger partial charge in [0.05, 0.1) is 12.7 Å². The Morgan fingerprint density at radius 2 is 2.20 bits per heavy atom. The highest BCUT2D eigenvalue weighted by atomic mass is 16.4. The van der Waals surface area contributed by atoms with Gasteiger partial charge in [-0.05, 0) is 26.2 Å². The Hall–Kier alpha value is -1.85. The fourth-order valence-electron chi connectivity index (χ4n) is 2.98. The average Bonchev–Trinajstić information content (AvgIpc) is 2.82. The summed E-state index contributed by atoms with van der Waals surface area (Å²) in [6, 6.07) is -0.283. The van der Waals surface area contributed by atoms with Crippen molar-refractivity contribution in [3.63, 3.8) is 0 Å². The first-order valence-corrected chi connectivity index (χ1v) is 7.15. The van der Waals surface area contributed by atoms with Crippen molar-refractivity contribution in [2.75, 3.05) is 13.1 Å². The first-order valence-electron chi connectivity index (χ1n) is 7.15. The van der Waals surface area contributed by atoms with Gasteiger partial charge in [-0.25, -0.2) is 4.98 Å². The maximum Gasteiger partial charge on any atom is 0.245 e. The summed E-state index contributed by atoms with van der Waals surface area (Å²) in [6.07, 6.45) is 4.81. The lowest BCUT2D eigenvalue weighted by Crippen LogP contribution is -2.49. The van der Waals surface area contributed by atoms with E-state index in [9.17, 15) is 9.59 Å². The Kier molecular flexibility index (Phi) is 3.46. The molecule has 2 aliphatic heterocycles. The minimum Gasteiger partial charge on any atom is -0.444 e. The number of aryl methyl sites for hydroxylation is 1. The molecule has 0 saturated carbocycles. The van der Waals surface area contributed by atoms with Gasteiger partial charge in [0.25, 0.3) is 0 Å². The Labute approximate surface area is 117 Å². The van der Waals surface area contributed by atoms with E-state index in [4.69, 9.17) is 4.42 Å². The Morgan fingerprint density at radius 3 is 2.95 bits per heavy atom. The minimum absolute atomic E-state index is 0.0337. The number of amides is 2. The van der Waals surface area contributed by atoms with E-state index in [-0.39, 0.29) is 17.9 Å². The van der Waals surface area contributed by atoms with E-state index in [0.717, 1.165) is 25.0 Å². The van der Waals surface area contributed by atoms with E-state index in [1.54, 1.807) is 16.0 Å². The van der Waals surface area contributed by atoms with Crippen LogP contribution in [-0.2, 0) is 16.1 Å². The highest BCUT2D eigenvalue weighted by Crippen LogP contribution is 2.23. The van der Waals surface area contributed by atoms with Crippen LogP contribution >= 0.6 is 0 Å². The van der Waals surface area contributed by atoms with Gasteiger partial charge in [-0.2, -0.15) is 0 Å². The molecule has 2 saturated heterocycles. The van der Waals surface area contributed by atoms with Crippen molar-refractivity contribution in [2.24, 2.45) is 0 Å². The summed E-state index contributed by atoms with van der Waals surface area (Å²) in [5, 5.41) is 0. The minimum atomic E-state index is -0.283. The molecule has 1 aromatic rings. The monoisotopic (exact) mass is 277 g/mol. The van der Waals surface area contributed by atoms with Crippen LogP contribution in [0.3, 0.4) is 0 Å². The van der Waals surface area contributed by atoms with E-state index in [0.29, 0.717) is 31.9 Å². The van der Waals surface area contributed by atoms with Crippen LogP contribution in [0.2, 0.25) is 0 Å². The summed E-state index contributed by atoms with van der Waals surface area (Å²) in [5.74, 6) is 1.39. The first-order chi connectivity index (χ1) is 9.65. The van der Waals surface area contributed by atoms with Gasteiger partial charge in [-0.15, -0.1) is 0 Å². The zero-order valence-corrected chi connectivity index (χ0v) is 11.7. The largest absolute Gasteiger partial charge is 0.444 e. The molecular formula is C14H19N3O3. The van der Waals surface area contributed by atoms with Crippen LogP contribution < -0.4 is 0 Å². The predicted molar refractivity (Wildman–Crippen MR) is 70.6 cm³/mol. The smallest absolute Gasteiger partial charge is 0.245 e. The number of hydrogen-bond donors (Lipinski definition) is 0. The third-order valence-corrected chi connectivity index (χ3v) is 4.01. The molecule has 0 radical (unpaired) electrons. The van der Waals surface area contributed by atoms with Gasteiger partial charge in [-0.1, -0.05) is 0 Å². The quantitative estimate of drug-likeness (QED) is 0.811. The molecule has 2 fully saturated rings. The van der Waals surface area contributed by atoms with E-state index in [1.807, 2.05) is 6.92 Å². The van der Waals surface area contributed by atoms with Crippen LogP contribution in [0, 0.1) is 6.92 Å². The van der Waals surface area contributed by atoms with Crippen LogP contribution in [0.1, 0.15) is 37.3 Å². The van der Waals surface area contributed by atoms with Gasteiger partial charge in [0.2, 0.25) is 17.7 Å². The first kappa shape index (κ1) is 13.1. The maximum absolute atomic E-state index is 12.6. The van der Waals surface area contributed by atoms with Crippen LogP contribution in [0.5, 0.6) is 0 Å². The normalized spacial score (nSPS) is 23.8. The van der Waals surface area contributed by atoms with Gasteiger partial charge >= 0.3 is 0 Å². The second kappa shape index (κ2) is 5.26. The molecule has 3 heterocycles. The Bertz CT molecular complexity index is 525. The number of carbonyl (C=O) groups is 2. The number of hydrogen-bond acceptors (Lipinski definition) is 4. The summed E-state index contributed by atoms with van der Waals surface area (Å²) in [4.78, 5) is 32.3. The number of aromatic nitrogens is 1. The number of oxazole rings is 1. The van der Waals surface area contributed by atoms with E-state index < -0.39 is 0 Å². The molecule has 108 valence electrons. The van der Waals surface area contributed by atoms with Crippen LogP contribution in [-0.4, -0.2) is 45.7 Å². The molecule has 1 atom stereocenters. The molecule has 1 aromatic heterocycles. The predicted octanol–water partition coefficient (Wildman–Crippen LogP) is 1.10. The lowest BCUT2D eigenvalue weighted by molar-refractivity contribution is -0.143. The lowest BCUT2D eigenvalue weighted by Gasteiger charge is -2.34. The SMILES string of the molecule is Cc1cnc(CN2CCC(=O)N3CCCCC3C2=O)o1. The van der Waals surface area contributed by atoms with Crippen LogP contribution in [0.25, 0.3) is 0 Å². The van der Waals surface area contributed by atoms with Crippen molar-refractivity contribution >= 4 is 11.8 Å². The molecule has 6 nitrogen and oxygen atoms in total. The van der Waals surface area contributed by atoms with Gasteiger partial charge in [0.1, 0.15) is 11.8 Å². The highest BCUT2D eigenvalue weighted by molar-refractivity contribution is 5.90. The van der Waals surface area contributed by atoms with Crippen molar-refractivity contribution in [2.45, 2.75) is 45.2 Å². The molecule has 0 aliphatic carbocycles. The van der Waals surface area contributed by atoms with Crippen molar-refractivity contribution in [3.05, 3.63) is 17.8 Å². The number of nitrogens with zero attached hydrogens (tertiary/aromatic N) is 3. The number of fused-ring (bicyclic) bond motifs is 1. The van der Waals surface area contributed by atoms with Crippen LogP contribution in [0.15, 0.2) is 10.6 Å². The fourth-order valence-corrected chi connectivity index (χ4v) is 2.98. The number of piperidine rings is 1. The molecule has 0 aromatic carbocycles. The molecule has 20 heavy (non-hydrogen) atoms. The standard InChI is InChI=1S/C14H19N3O3/c1-10-8-15-12(20-10)9-16-7-5-13(18)17-6-3-2-4-11(17)14(16)19/h8,11H,2-7,9H2,1H3. The van der Waals surface area contributed by atoms with Gasteiger partial charge in [0.15, 0.2) is 0 Å². The van der Waals surface area contributed by atoms with Crippen molar-refractivity contribution in [3.8, 4) is 0 Å². The summed E-state index contributed by atoms with van der Waals surface area (Å²) in [7, 11) is 0. The third kappa shape index (κ3) is 2.42. The molecule has 2 amide bonds. The molecule has 0 bridgehead atoms. The van der Waals surface area contributed by atoms with Crippen molar-refractivity contribution in [1.82, 2.24) is 14.8 Å². The lowest BCUT2D eigenvalue weighted by atomic mass is 10.0. The van der Waals surface area contributed by atoms with E-state index >= 15 is 0 Å². The molecule has 1 unspecified atom stereocenters. The third-order valence-electron chi connectivity index (χ3n) is 4.01. The Morgan fingerprint density at radius 1 is 1.35 bits per heavy atom. The molecule has 3 rings (SSSR count). The van der Waals surface area contributed by atoms with Crippen LogP contribution in [0.4, 0.5) is 0 Å². The highest BCUT2D eigenvalue weighted by Gasteiger charge is 2.37. The molecule has 2 aliphatic rings. The van der Waals surface area contributed by atoms with Gasteiger partial charge in [0, 0.05) is 19.5 Å². The molecule has 0 N–H and O–H groups in total. The molecular weight excluding hydrogens is 258 g/mol. The summed E-state index contributed by atoms with van der Waals surface area (Å²) in [6.45, 7) is 3.34. The summed E-state index contributed by atoms with van der Waals surface area (Å²) >= 11 is 0. The second-order valence-corrected chi connectivity index (χ2v) is 5.47. The molecule has 0 spiro atoms. The maximum atomic E-state index is 12.6. The molecule has 6 heteroatoms. The topological polar surface area (TPSA) is 66.7 Å². The number of carbonyl (C=O) groups excluding carboxylic acids is 2. The van der Waals surface area contributed by atoms with E-state index in [2.05, 4.69) is 4.98 Å². The summed E-state index contributed by atoms with van der Waals surface area (Å²) in [5.41, 5.74) is 0. The number of rotatable bonds is 2. The van der Waals surface area contributed by atoms with E-state index in [1.165, 1.54) is 0 Å². The average molecular weight is 277 g/mol. The Balaban J connectivity index is 1.78. The van der Waals surface area contributed by atoms with Gasteiger partial charge in [-0.3, -0.25) is 9.59 Å². The zero-order chi connectivity index (χ0) is 14.1. The second-order valence-electron chi connectivity index (χ2n) is 5.47. The van der Waals surface area contributed by atoms with Crippen molar-refractivity contribution in [1.29, 1.82) is 0 Å². The summed E-state index contributed by atoms with van der Waals surface area (Å²) < 4.78 is 5.43.